The van der Waals surface area contributed by atoms with Crippen LogP contribution in [0.5, 0.6) is 0 Å². The van der Waals surface area contributed by atoms with Gasteiger partial charge in [0.15, 0.2) is 0 Å². The molecular weight excluding hydrogens is 598 g/mol. The molecule has 0 heterocycles. The molecule has 7 heteroatoms. The van der Waals surface area contributed by atoms with E-state index in [-0.39, 0.29) is 11.5 Å². The fourth-order valence-electron chi connectivity index (χ4n) is 11.4. The standard InChI is InChI=1S/C41H79N3O4/c1-5-6-7-8-9-10-23-45-24-11-15-31(2)34-16-17-35-39-36(30-38(41(34,35)4)48-27-14-22-44)40(3)19-18-33(46-25-12-20-42)28-32(40)29-37(39)47-26-13-21-43/h31-39H,5-30,42-44H2,1-4H3/t31-,32?,33-,34?,35+,36+,37-,38+,39?,40?,41?/m1/s1. The molecule has 0 spiro atoms. The summed E-state index contributed by atoms with van der Waals surface area (Å²) in [5.41, 5.74) is 18.2. The van der Waals surface area contributed by atoms with Gasteiger partial charge in [0, 0.05) is 38.4 Å². The van der Waals surface area contributed by atoms with Crippen LogP contribution in [0.1, 0.15) is 143 Å². The molecule has 0 aromatic carbocycles. The van der Waals surface area contributed by atoms with Crippen molar-refractivity contribution in [2.75, 3.05) is 52.7 Å². The van der Waals surface area contributed by atoms with E-state index < -0.39 is 0 Å². The molecule has 5 unspecified atom stereocenters. The topological polar surface area (TPSA) is 115 Å². The van der Waals surface area contributed by atoms with Gasteiger partial charge in [0.2, 0.25) is 0 Å². The number of nitrogens with two attached hydrogens (primary N) is 3. The quantitative estimate of drug-likeness (QED) is 0.0891. The van der Waals surface area contributed by atoms with Gasteiger partial charge in [0.25, 0.3) is 0 Å². The van der Waals surface area contributed by atoms with Crippen LogP contribution >= 0.6 is 0 Å². The van der Waals surface area contributed by atoms with Crippen molar-refractivity contribution < 1.29 is 18.9 Å². The lowest BCUT2D eigenvalue weighted by Crippen LogP contribution is -2.63. The van der Waals surface area contributed by atoms with Crippen molar-refractivity contribution >= 4 is 0 Å². The zero-order valence-corrected chi connectivity index (χ0v) is 31.9. The number of fused-ring (bicyclic) bond motifs is 5. The van der Waals surface area contributed by atoms with Gasteiger partial charge in [0.05, 0.1) is 18.3 Å². The van der Waals surface area contributed by atoms with Crippen molar-refractivity contribution in [1.82, 2.24) is 0 Å². The average molecular weight is 678 g/mol. The summed E-state index contributed by atoms with van der Waals surface area (Å²) in [4.78, 5) is 0. The smallest absolute Gasteiger partial charge is 0.0637 e. The van der Waals surface area contributed by atoms with E-state index in [0.717, 1.165) is 71.6 Å². The summed E-state index contributed by atoms with van der Waals surface area (Å²) in [6.07, 6.45) is 22.6. The van der Waals surface area contributed by atoms with Crippen LogP contribution < -0.4 is 17.2 Å². The van der Waals surface area contributed by atoms with Crippen LogP contribution in [0.25, 0.3) is 0 Å². The summed E-state index contributed by atoms with van der Waals surface area (Å²) in [6, 6.07) is 0. The molecule has 0 bridgehead atoms. The number of hydrogen-bond donors (Lipinski definition) is 3. The fourth-order valence-corrected chi connectivity index (χ4v) is 11.4. The van der Waals surface area contributed by atoms with Crippen LogP contribution in [-0.2, 0) is 18.9 Å². The number of rotatable bonds is 24. The van der Waals surface area contributed by atoms with Crippen molar-refractivity contribution in [3.63, 3.8) is 0 Å². The van der Waals surface area contributed by atoms with E-state index in [4.69, 9.17) is 36.1 Å². The predicted molar refractivity (Wildman–Crippen MR) is 199 cm³/mol. The van der Waals surface area contributed by atoms with Crippen LogP contribution in [0.3, 0.4) is 0 Å². The third-order valence-electron chi connectivity index (χ3n) is 14.1. The van der Waals surface area contributed by atoms with Gasteiger partial charge in [-0.2, -0.15) is 0 Å². The molecule has 4 saturated carbocycles. The second kappa shape index (κ2) is 20.7. The molecule has 4 aliphatic carbocycles. The molecule has 4 fully saturated rings. The third-order valence-corrected chi connectivity index (χ3v) is 14.1. The van der Waals surface area contributed by atoms with E-state index in [1.165, 1.54) is 77.0 Å². The van der Waals surface area contributed by atoms with Gasteiger partial charge in [-0.1, -0.05) is 59.8 Å². The van der Waals surface area contributed by atoms with Gasteiger partial charge in [0.1, 0.15) is 0 Å². The van der Waals surface area contributed by atoms with Crippen molar-refractivity contribution in [1.29, 1.82) is 0 Å². The molecule has 0 amide bonds. The fraction of sp³-hybridized carbons (Fsp3) is 1.00. The summed E-state index contributed by atoms with van der Waals surface area (Å²) in [6.45, 7) is 16.4. The Morgan fingerprint density at radius 3 is 2.06 bits per heavy atom. The lowest BCUT2D eigenvalue weighted by molar-refractivity contribution is -0.227. The third kappa shape index (κ3) is 9.98. The predicted octanol–water partition coefficient (Wildman–Crippen LogP) is 7.86. The second-order valence-corrected chi connectivity index (χ2v) is 17.0. The highest BCUT2D eigenvalue weighted by atomic mass is 16.5. The lowest BCUT2D eigenvalue weighted by atomic mass is 9.43. The number of hydrogen-bond acceptors (Lipinski definition) is 7. The minimum Gasteiger partial charge on any atom is -0.381 e. The van der Waals surface area contributed by atoms with Crippen LogP contribution in [0.15, 0.2) is 0 Å². The van der Waals surface area contributed by atoms with Gasteiger partial charge < -0.3 is 36.1 Å². The second-order valence-electron chi connectivity index (χ2n) is 17.0. The van der Waals surface area contributed by atoms with E-state index >= 15 is 0 Å². The van der Waals surface area contributed by atoms with Crippen molar-refractivity contribution in [2.45, 2.75) is 162 Å². The Kier molecular flexibility index (Phi) is 17.4. The van der Waals surface area contributed by atoms with E-state index in [1.807, 2.05) is 0 Å². The van der Waals surface area contributed by atoms with E-state index in [0.29, 0.717) is 72.8 Å². The van der Waals surface area contributed by atoms with E-state index in [2.05, 4.69) is 27.7 Å². The highest BCUT2D eigenvalue weighted by molar-refractivity contribution is 5.15. The Balaban J connectivity index is 1.46. The molecule has 0 saturated heterocycles. The first-order valence-corrected chi connectivity index (χ1v) is 20.9. The molecule has 48 heavy (non-hydrogen) atoms. The van der Waals surface area contributed by atoms with E-state index in [1.54, 1.807) is 0 Å². The van der Waals surface area contributed by atoms with Crippen molar-refractivity contribution in [2.24, 2.45) is 63.5 Å². The Labute approximate surface area is 296 Å². The maximum Gasteiger partial charge on any atom is 0.0637 e. The Morgan fingerprint density at radius 1 is 0.667 bits per heavy atom. The van der Waals surface area contributed by atoms with Gasteiger partial charge in [-0.15, -0.1) is 0 Å². The average Bonchev–Trinajstić information content (AvgIpc) is 3.44. The maximum absolute atomic E-state index is 7.02. The Hall–Kier alpha value is -0.280. The monoisotopic (exact) mass is 678 g/mol. The van der Waals surface area contributed by atoms with Crippen molar-refractivity contribution in [3.8, 4) is 0 Å². The van der Waals surface area contributed by atoms with Crippen LogP contribution in [0.2, 0.25) is 0 Å². The minimum absolute atomic E-state index is 0.162. The largest absolute Gasteiger partial charge is 0.381 e. The molecule has 4 aliphatic rings. The minimum atomic E-state index is 0.162. The molecule has 282 valence electrons. The summed E-state index contributed by atoms with van der Waals surface area (Å²) in [5, 5.41) is 0. The molecule has 4 rings (SSSR count). The normalized spacial score (nSPS) is 36.8. The molecule has 0 aromatic rings. The molecule has 0 aromatic heterocycles. The first-order valence-electron chi connectivity index (χ1n) is 20.9. The Morgan fingerprint density at radius 2 is 1.33 bits per heavy atom. The van der Waals surface area contributed by atoms with Crippen LogP contribution in [0, 0.1) is 46.3 Å². The maximum atomic E-state index is 7.02. The highest BCUT2D eigenvalue weighted by Gasteiger charge is 2.66. The summed E-state index contributed by atoms with van der Waals surface area (Å²) in [5.74, 6) is 3.81. The zero-order valence-electron chi connectivity index (χ0n) is 31.9. The van der Waals surface area contributed by atoms with Gasteiger partial charge in [-0.3, -0.25) is 0 Å². The number of ether oxygens (including phenoxy) is 4. The van der Waals surface area contributed by atoms with Gasteiger partial charge in [-0.25, -0.2) is 0 Å². The highest BCUT2D eigenvalue weighted by Crippen LogP contribution is 2.69. The summed E-state index contributed by atoms with van der Waals surface area (Å²) >= 11 is 0. The first kappa shape index (κ1) is 40.5. The first-order chi connectivity index (χ1) is 23.3. The molecule has 6 N–H and O–H groups in total. The Bertz CT molecular complexity index is 879. The molecular formula is C41H79N3O4. The zero-order chi connectivity index (χ0) is 34.4. The summed E-state index contributed by atoms with van der Waals surface area (Å²) < 4.78 is 26.5. The molecule has 11 atom stereocenters. The van der Waals surface area contributed by atoms with Crippen LogP contribution in [-0.4, -0.2) is 71.0 Å². The SMILES string of the molecule is CCCCCCCCOCCC[C@@H](C)C1CC[C@H]2C3[C@H](OCCCN)CC4C[C@H](OCCCN)CCC4(C)[C@H]3C[C@H](OCCCN)C12C. The van der Waals surface area contributed by atoms with Crippen LogP contribution in [0.4, 0.5) is 0 Å². The summed E-state index contributed by atoms with van der Waals surface area (Å²) in [7, 11) is 0. The van der Waals surface area contributed by atoms with Crippen molar-refractivity contribution in [3.05, 3.63) is 0 Å². The molecule has 7 nitrogen and oxygen atoms in total. The molecule has 0 radical (unpaired) electrons. The molecule has 0 aliphatic heterocycles. The lowest BCUT2D eigenvalue weighted by Gasteiger charge is -2.65. The number of unbranched alkanes of at least 4 members (excludes halogenated alkanes) is 5. The van der Waals surface area contributed by atoms with Gasteiger partial charge >= 0.3 is 0 Å². The van der Waals surface area contributed by atoms with Gasteiger partial charge in [-0.05, 0) is 144 Å². The van der Waals surface area contributed by atoms with E-state index in [9.17, 15) is 0 Å².